The van der Waals surface area contributed by atoms with Gasteiger partial charge in [-0.25, -0.2) is 14.4 Å². The van der Waals surface area contributed by atoms with Crippen LogP contribution >= 0.6 is 27.5 Å². The quantitative estimate of drug-likeness (QED) is 0.275. The monoisotopic (exact) mass is 660 g/mol. The van der Waals surface area contributed by atoms with Crippen molar-refractivity contribution in [2.24, 2.45) is 0 Å². The Balaban J connectivity index is 1.37. The number of rotatable bonds is 10. The molecule has 1 atom stereocenters. The Morgan fingerprint density at radius 2 is 2.05 bits per heavy atom. The molecule has 2 aliphatic heterocycles. The van der Waals surface area contributed by atoms with Crippen LogP contribution in [-0.4, -0.2) is 49.8 Å². The first-order chi connectivity index (χ1) is 19.5. The maximum Gasteiger partial charge on any atom is 0.421 e. The molecule has 2 aromatic heterocycles. The zero-order chi connectivity index (χ0) is 29.3. The molecule has 1 N–H and O–H groups in total. The highest BCUT2D eigenvalue weighted by Gasteiger charge is 2.37. The van der Waals surface area contributed by atoms with E-state index in [1.54, 1.807) is 0 Å². The van der Waals surface area contributed by atoms with E-state index in [4.69, 9.17) is 21.1 Å². The highest BCUT2D eigenvalue weighted by Crippen LogP contribution is 2.38. The van der Waals surface area contributed by atoms with Crippen LogP contribution < -0.4 is 4.74 Å². The summed E-state index contributed by atoms with van der Waals surface area (Å²) in [5.74, 6) is -1.53. The largest absolute Gasteiger partial charge is 0.481 e. The summed E-state index contributed by atoms with van der Waals surface area (Å²) in [5.41, 5.74) is 0.695. The van der Waals surface area contributed by atoms with Gasteiger partial charge in [-0.1, -0.05) is 17.7 Å². The normalized spacial score (nSPS) is 17.3. The zero-order valence-corrected chi connectivity index (χ0v) is 24.0. The number of aromatic nitrogens is 3. The number of aliphatic carboxylic acids is 1. The van der Waals surface area contributed by atoms with Crippen LogP contribution in [0, 0.1) is 5.82 Å². The molecule has 220 valence electrons. The summed E-state index contributed by atoms with van der Waals surface area (Å²) < 4.78 is 69.4. The number of nitrogens with zero attached hydrogens (tertiary/aromatic N) is 4. The summed E-state index contributed by atoms with van der Waals surface area (Å²) >= 11 is 9.23. The lowest BCUT2D eigenvalue weighted by Gasteiger charge is -2.31. The minimum absolute atomic E-state index is 0.00755. The van der Waals surface area contributed by atoms with Gasteiger partial charge < -0.3 is 19.1 Å². The van der Waals surface area contributed by atoms with Crippen molar-refractivity contribution < 1.29 is 36.9 Å². The number of imidazole rings is 1. The average Bonchev–Trinajstić information content (AvgIpc) is 3.16. The molecule has 5 rings (SSSR count). The molecule has 0 unspecified atom stereocenters. The molecule has 1 saturated heterocycles. The van der Waals surface area contributed by atoms with Crippen molar-refractivity contribution in [3.8, 4) is 5.88 Å². The second-order valence-electron chi connectivity index (χ2n) is 9.98. The van der Waals surface area contributed by atoms with E-state index < -0.39 is 36.0 Å². The third-order valence-corrected chi connectivity index (χ3v) is 8.00. The molecule has 0 bridgehead atoms. The predicted molar refractivity (Wildman–Crippen MR) is 143 cm³/mol. The summed E-state index contributed by atoms with van der Waals surface area (Å²) in [6.45, 7) is 1.83. The average molecular weight is 662 g/mol. The molecule has 4 heterocycles. The molecule has 0 spiro atoms. The number of pyridine rings is 1. The third kappa shape index (κ3) is 7.02. The molecule has 8 nitrogen and oxygen atoms in total. The number of ether oxygens (including phenoxy) is 2. The second kappa shape index (κ2) is 12.2. The Morgan fingerprint density at radius 1 is 1.27 bits per heavy atom. The van der Waals surface area contributed by atoms with Gasteiger partial charge in [-0.2, -0.15) is 13.2 Å². The number of carboxylic acid groups (broad SMARTS) is 1. The molecule has 1 fully saturated rings. The van der Waals surface area contributed by atoms with Crippen LogP contribution in [0.4, 0.5) is 17.6 Å². The minimum Gasteiger partial charge on any atom is -0.481 e. The highest BCUT2D eigenvalue weighted by atomic mass is 79.9. The van der Waals surface area contributed by atoms with Crippen LogP contribution in [0.15, 0.2) is 28.9 Å². The fourth-order valence-electron chi connectivity index (χ4n) is 4.87. The van der Waals surface area contributed by atoms with Crippen LogP contribution in [0.2, 0.25) is 5.02 Å². The Morgan fingerprint density at radius 3 is 2.71 bits per heavy atom. The number of fused-ring (bicyclic) bond motifs is 1. The van der Waals surface area contributed by atoms with E-state index >= 15 is 0 Å². The Bertz CT molecular complexity index is 1450. The molecule has 0 amide bonds. The molecule has 0 aliphatic carbocycles. The third-order valence-electron chi connectivity index (χ3n) is 7.13. The van der Waals surface area contributed by atoms with Crippen LogP contribution in [-0.2, 0) is 54.8 Å². The summed E-state index contributed by atoms with van der Waals surface area (Å²) in [5, 5.41) is 9.35. The van der Waals surface area contributed by atoms with Crippen molar-refractivity contribution in [1.82, 2.24) is 19.4 Å². The summed E-state index contributed by atoms with van der Waals surface area (Å²) in [7, 11) is 0. The molecule has 2 aliphatic rings. The maximum atomic E-state index is 14.2. The number of carbonyl (C=O) groups is 1. The first kappa shape index (κ1) is 29.7. The van der Waals surface area contributed by atoms with Crippen molar-refractivity contribution in [2.75, 3.05) is 13.2 Å². The van der Waals surface area contributed by atoms with E-state index in [0.29, 0.717) is 54.3 Å². The van der Waals surface area contributed by atoms with E-state index in [-0.39, 0.29) is 36.1 Å². The van der Waals surface area contributed by atoms with E-state index in [1.165, 1.54) is 12.1 Å². The van der Waals surface area contributed by atoms with Gasteiger partial charge in [-0.3, -0.25) is 9.69 Å². The van der Waals surface area contributed by atoms with Gasteiger partial charge >= 0.3 is 12.1 Å². The molecule has 0 saturated carbocycles. The smallest absolute Gasteiger partial charge is 0.421 e. The standard InChI is InChI=1S/C27H26BrClF4N4O4/c28-25-22(3-4-24(38)39)37(11-18-6-8-40-18)23(35-25)13-36-7-5-15-9-19(27(31,32)33)26(34-21(15)12-36)41-14-16-1-2-17(29)10-20(16)30/h1-2,9-10,18H,3-8,11-14H2,(H,38,39)/t18-/m0/s1. The Hall–Kier alpha value is -2.74. The molecule has 41 heavy (non-hydrogen) atoms. The van der Waals surface area contributed by atoms with Crippen LogP contribution in [0.5, 0.6) is 5.88 Å². The molecular weight excluding hydrogens is 636 g/mol. The number of hydrogen-bond acceptors (Lipinski definition) is 6. The molecule has 14 heteroatoms. The minimum atomic E-state index is -4.71. The molecule has 3 aromatic rings. The van der Waals surface area contributed by atoms with Crippen LogP contribution in [0.3, 0.4) is 0 Å². The van der Waals surface area contributed by atoms with E-state index in [0.717, 1.165) is 24.2 Å². The SMILES string of the molecule is O=C(O)CCc1c(Br)nc(CN2CCc3cc(C(F)(F)F)c(OCc4ccc(Cl)cc4F)nc3C2)n1C[C@@H]1CCO1. The van der Waals surface area contributed by atoms with Gasteiger partial charge in [0.25, 0.3) is 0 Å². The maximum absolute atomic E-state index is 14.2. The van der Waals surface area contributed by atoms with E-state index in [2.05, 4.69) is 25.9 Å². The first-order valence-electron chi connectivity index (χ1n) is 12.9. The Kier molecular flexibility index (Phi) is 8.88. The van der Waals surface area contributed by atoms with Gasteiger partial charge in [0, 0.05) is 36.7 Å². The van der Waals surface area contributed by atoms with Gasteiger partial charge in [0.05, 0.1) is 37.0 Å². The topological polar surface area (TPSA) is 89.7 Å². The molecule has 1 aromatic carbocycles. The van der Waals surface area contributed by atoms with Gasteiger partial charge in [0.2, 0.25) is 5.88 Å². The van der Waals surface area contributed by atoms with Crippen molar-refractivity contribution >= 4 is 33.5 Å². The van der Waals surface area contributed by atoms with Crippen molar-refractivity contribution in [2.45, 2.75) is 64.2 Å². The fourth-order valence-corrected chi connectivity index (χ4v) is 5.64. The predicted octanol–water partition coefficient (Wildman–Crippen LogP) is 5.80. The van der Waals surface area contributed by atoms with Crippen molar-refractivity contribution in [3.05, 3.63) is 73.6 Å². The lowest BCUT2D eigenvalue weighted by molar-refractivity contribution is -0.139. The highest BCUT2D eigenvalue weighted by molar-refractivity contribution is 9.10. The van der Waals surface area contributed by atoms with Crippen molar-refractivity contribution in [1.29, 1.82) is 0 Å². The first-order valence-corrected chi connectivity index (χ1v) is 14.1. The number of carboxylic acids is 1. The Labute approximate surface area is 246 Å². The number of benzene rings is 1. The number of halogens is 6. The van der Waals surface area contributed by atoms with Gasteiger partial charge in [0.15, 0.2) is 0 Å². The van der Waals surface area contributed by atoms with Crippen LogP contribution in [0.1, 0.15) is 46.7 Å². The summed E-state index contributed by atoms with van der Waals surface area (Å²) in [6, 6.07) is 4.90. The lowest BCUT2D eigenvalue weighted by atomic mass is 10.0. The van der Waals surface area contributed by atoms with Gasteiger partial charge in [-0.15, -0.1) is 0 Å². The summed E-state index contributed by atoms with van der Waals surface area (Å²) in [6.07, 6.45) is -3.25. The molecule has 0 radical (unpaired) electrons. The van der Waals surface area contributed by atoms with E-state index in [9.17, 15) is 27.5 Å². The fraction of sp³-hybridized carbons (Fsp3) is 0.444. The number of hydrogen-bond donors (Lipinski definition) is 1. The van der Waals surface area contributed by atoms with Crippen molar-refractivity contribution in [3.63, 3.8) is 0 Å². The van der Waals surface area contributed by atoms with E-state index in [1.807, 2.05) is 9.47 Å². The summed E-state index contributed by atoms with van der Waals surface area (Å²) in [4.78, 5) is 22.1. The lowest BCUT2D eigenvalue weighted by Crippen LogP contribution is -2.35. The second-order valence-corrected chi connectivity index (χ2v) is 11.2. The van der Waals surface area contributed by atoms with Crippen LogP contribution in [0.25, 0.3) is 0 Å². The zero-order valence-electron chi connectivity index (χ0n) is 21.7. The molecular formula is C27H26BrClF4N4O4. The van der Waals surface area contributed by atoms with Gasteiger partial charge in [-0.05, 0) is 52.5 Å². The van der Waals surface area contributed by atoms with Gasteiger partial charge in [0.1, 0.15) is 28.4 Å². The number of alkyl halides is 3.